The summed E-state index contributed by atoms with van der Waals surface area (Å²) in [5, 5.41) is 14.4. The van der Waals surface area contributed by atoms with Crippen molar-refractivity contribution in [1.29, 1.82) is 10.8 Å². The zero-order valence-electron chi connectivity index (χ0n) is 6.64. The summed E-state index contributed by atoms with van der Waals surface area (Å²) in [4.78, 5) is 0. The maximum Gasteiger partial charge on any atom is 0.253 e. The molecule has 0 spiro atoms. The topological polar surface area (TPSA) is 56.9 Å². The van der Waals surface area contributed by atoms with Crippen LogP contribution in [0.4, 0.5) is 0 Å². The molecule has 0 heterocycles. The summed E-state index contributed by atoms with van der Waals surface area (Å²) in [5.41, 5.74) is 0.682. The Hall–Kier alpha value is -0.160. The maximum atomic E-state index is 7.12. The molecule has 0 radical (unpaired) electrons. The Morgan fingerprint density at radius 2 is 2.09 bits per heavy atom. The summed E-state index contributed by atoms with van der Waals surface area (Å²) in [6.07, 6.45) is 0.786. The third-order valence-electron chi connectivity index (χ3n) is 0.880. The van der Waals surface area contributed by atoms with Crippen LogP contribution in [0.25, 0.3) is 0 Å². The fourth-order valence-corrected chi connectivity index (χ4v) is 2.00. The van der Waals surface area contributed by atoms with E-state index in [0.29, 0.717) is 5.71 Å². The summed E-state index contributed by atoms with van der Waals surface area (Å²) in [7, 11) is 4.32. The normalized spacial score (nSPS) is 9.27. The SMILES string of the molecule is COC(=N)SSCCC(C)=N. The van der Waals surface area contributed by atoms with E-state index in [-0.39, 0.29) is 5.23 Å². The third kappa shape index (κ3) is 7.74. The minimum absolute atomic E-state index is 0.220. The fraction of sp³-hybridized carbons (Fsp3) is 0.667. The van der Waals surface area contributed by atoms with Gasteiger partial charge in [-0.2, -0.15) is 0 Å². The Morgan fingerprint density at radius 3 is 2.55 bits per heavy atom. The zero-order valence-corrected chi connectivity index (χ0v) is 8.27. The van der Waals surface area contributed by atoms with Crippen molar-refractivity contribution in [2.75, 3.05) is 12.9 Å². The quantitative estimate of drug-likeness (QED) is 0.311. The highest BCUT2D eigenvalue weighted by molar-refractivity contribution is 8.82. The van der Waals surface area contributed by atoms with Gasteiger partial charge in [-0.15, -0.1) is 0 Å². The van der Waals surface area contributed by atoms with Gasteiger partial charge in [0.05, 0.1) is 7.11 Å². The molecule has 0 aromatic heterocycles. The molecule has 0 rings (SSSR count). The van der Waals surface area contributed by atoms with E-state index < -0.39 is 0 Å². The molecule has 0 bridgehead atoms. The number of hydrogen-bond acceptors (Lipinski definition) is 5. The number of nitrogens with one attached hydrogen (secondary N) is 2. The molecule has 11 heavy (non-hydrogen) atoms. The molecule has 0 amide bonds. The molecular formula is C6H12N2OS2. The van der Waals surface area contributed by atoms with Crippen LogP contribution in [-0.2, 0) is 4.74 Å². The van der Waals surface area contributed by atoms with E-state index in [2.05, 4.69) is 4.74 Å². The van der Waals surface area contributed by atoms with Crippen LogP contribution >= 0.6 is 21.6 Å². The Kier molecular flexibility index (Phi) is 6.45. The van der Waals surface area contributed by atoms with E-state index >= 15 is 0 Å². The van der Waals surface area contributed by atoms with Crippen molar-refractivity contribution in [1.82, 2.24) is 0 Å². The van der Waals surface area contributed by atoms with Gasteiger partial charge in [-0.05, 0) is 13.3 Å². The summed E-state index contributed by atoms with van der Waals surface area (Å²) in [6.45, 7) is 1.78. The Labute approximate surface area is 74.7 Å². The molecular weight excluding hydrogens is 180 g/mol. The van der Waals surface area contributed by atoms with Crippen molar-refractivity contribution in [2.24, 2.45) is 0 Å². The molecule has 0 aliphatic carbocycles. The molecule has 0 aromatic rings. The molecule has 0 aliphatic rings. The van der Waals surface area contributed by atoms with Gasteiger partial charge in [0.2, 0.25) is 0 Å². The van der Waals surface area contributed by atoms with Gasteiger partial charge >= 0.3 is 0 Å². The predicted octanol–water partition coefficient (Wildman–Crippen LogP) is 2.38. The second-order valence-corrected chi connectivity index (χ2v) is 4.32. The molecule has 3 nitrogen and oxygen atoms in total. The highest BCUT2D eigenvalue weighted by atomic mass is 33.1. The highest BCUT2D eigenvalue weighted by Gasteiger charge is 1.96. The molecule has 0 atom stereocenters. The largest absolute Gasteiger partial charge is 0.476 e. The van der Waals surface area contributed by atoms with E-state index in [1.54, 1.807) is 17.7 Å². The van der Waals surface area contributed by atoms with E-state index in [9.17, 15) is 0 Å². The molecule has 0 fully saturated rings. The predicted molar refractivity (Wildman–Crippen MR) is 52.8 cm³/mol. The van der Waals surface area contributed by atoms with Gasteiger partial charge in [0, 0.05) is 22.3 Å². The highest BCUT2D eigenvalue weighted by Crippen LogP contribution is 2.22. The molecule has 0 saturated heterocycles. The average Bonchev–Trinajstić information content (AvgIpc) is 1.97. The van der Waals surface area contributed by atoms with Crippen LogP contribution in [0.5, 0.6) is 0 Å². The Bertz CT molecular complexity index is 150. The molecule has 0 aromatic carbocycles. The van der Waals surface area contributed by atoms with Gasteiger partial charge in [0.15, 0.2) is 0 Å². The first-order valence-corrected chi connectivity index (χ1v) is 5.44. The summed E-state index contributed by atoms with van der Waals surface area (Å²) < 4.78 is 4.63. The molecule has 2 N–H and O–H groups in total. The average molecular weight is 192 g/mol. The molecule has 0 saturated carbocycles. The Morgan fingerprint density at radius 1 is 1.45 bits per heavy atom. The van der Waals surface area contributed by atoms with E-state index in [1.807, 2.05) is 0 Å². The van der Waals surface area contributed by atoms with Gasteiger partial charge in [-0.3, -0.25) is 5.41 Å². The van der Waals surface area contributed by atoms with E-state index in [0.717, 1.165) is 12.2 Å². The van der Waals surface area contributed by atoms with Crippen molar-refractivity contribution in [3.05, 3.63) is 0 Å². The molecule has 5 heteroatoms. The Balaban J connectivity index is 3.14. The van der Waals surface area contributed by atoms with Crippen molar-refractivity contribution < 1.29 is 4.74 Å². The van der Waals surface area contributed by atoms with Crippen molar-refractivity contribution in [2.45, 2.75) is 13.3 Å². The van der Waals surface area contributed by atoms with Crippen LogP contribution < -0.4 is 0 Å². The minimum Gasteiger partial charge on any atom is -0.476 e. The van der Waals surface area contributed by atoms with Crippen molar-refractivity contribution >= 4 is 32.5 Å². The van der Waals surface area contributed by atoms with Crippen LogP contribution in [0.3, 0.4) is 0 Å². The molecule has 0 unspecified atom stereocenters. The lowest BCUT2D eigenvalue weighted by Gasteiger charge is -1.99. The first-order chi connectivity index (χ1) is 5.16. The smallest absolute Gasteiger partial charge is 0.253 e. The first kappa shape index (κ1) is 10.8. The second kappa shape index (κ2) is 6.54. The number of ether oxygens (including phenoxy) is 1. The van der Waals surface area contributed by atoms with Crippen LogP contribution in [0.15, 0.2) is 0 Å². The van der Waals surface area contributed by atoms with Crippen molar-refractivity contribution in [3.8, 4) is 0 Å². The standard InChI is InChI=1S/C6H12N2OS2/c1-5(7)3-4-10-11-6(8)9-2/h7-8H,3-4H2,1-2H3. The van der Waals surface area contributed by atoms with Gasteiger partial charge < -0.3 is 10.1 Å². The monoisotopic (exact) mass is 192 g/mol. The van der Waals surface area contributed by atoms with Crippen LogP contribution in [0.2, 0.25) is 0 Å². The number of rotatable bonds is 4. The van der Waals surface area contributed by atoms with Gasteiger partial charge in [-0.25, -0.2) is 0 Å². The molecule has 0 aliphatic heterocycles. The van der Waals surface area contributed by atoms with E-state index in [4.69, 9.17) is 10.8 Å². The van der Waals surface area contributed by atoms with Crippen LogP contribution in [-0.4, -0.2) is 23.8 Å². The second-order valence-electron chi connectivity index (χ2n) is 1.93. The van der Waals surface area contributed by atoms with Gasteiger partial charge in [0.25, 0.3) is 5.23 Å². The van der Waals surface area contributed by atoms with E-state index in [1.165, 1.54) is 17.9 Å². The number of methoxy groups -OCH3 is 1. The van der Waals surface area contributed by atoms with Crippen LogP contribution in [0.1, 0.15) is 13.3 Å². The lowest BCUT2D eigenvalue weighted by Crippen LogP contribution is -1.92. The minimum atomic E-state index is 0.220. The summed E-state index contributed by atoms with van der Waals surface area (Å²) >= 11 is 0. The summed E-state index contributed by atoms with van der Waals surface area (Å²) in [5.74, 6) is 0.867. The van der Waals surface area contributed by atoms with Gasteiger partial charge in [0.1, 0.15) is 0 Å². The van der Waals surface area contributed by atoms with Gasteiger partial charge in [-0.1, -0.05) is 10.8 Å². The zero-order chi connectivity index (χ0) is 8.69. The lowest BCUT2D eigenvalue weighted by atomic mass is 10.3. The fourth-order valence-electron chi connectivity index (χ4n) is 0.324. The maximum absolute atomic E-state index is 7.12. The first-order valence-electron chi connectivity index (χ1n) is 3.13. The number of hydrogen-bond donors (Lipinski definition) is 2. The molecule has 64 valence electrons. The third-order valence-corrected chi connectivity index (χ3v) is 2.99. The van der Waals surface area contributed by atoms with Crippen molar-refractivity contribution in [3.63, 3.8) is 0 Å². The van der Waals surface area contributed by atoms with Crippen LogP contribution in [0, 0.1) is 10.8 Å². The summed E-state index contributed by atoms with van der Waals surface area (Å²) in [6, 6.07) is 0. The lowest BCUT2D eigenvalue weighted by molar-refractivity contribution is 0.413.